The molecule has 1 aliphatic rings. The lowest BCUT2D eigenvalue weighted by molar-refractivity contribution is -0.131. The fourth-order valence-electron chi connectivity index (χ4n) is 2.43. The average molecular weight is 262 g/mol. The molecule has 1 unspecified atom stereocenters. The third-order valence-electron chi connectivity index (χ3n) is 3.59. The smallest absolute Gasteiger partial charge is 0.253 e. The van der Waals surface area contributed by atoms with Crippen LogP contribution in [0.1, 0.15) is 44.7 Å². The lowest BCUT2D eigenvalue weighted by Gasteiger charge is -2.20. The Kier molecular flexibility index (Phi) is 4.91. The summed E-state index contributed by atoms with van der Waals surface area (Å²) in [5, 5.41) is 2.91. The Balaban J connectivity index is 1.94. The highest BCUT2D eigenvalue weighted by atomic mass is 16.5. The van der Waals surface area contributed by atoms with Gasteiger partial charge in [-0.2, -0.15) is 0 Å². The molecule has 104 valence electrons. The van der Waals surface area contributed by atoms with E-state index in [0.29, 0.717) is 6.42 Å². The molecule has 0 bridgehead atoms. The van der Waals surface area contributed by atoms with Gasteiger partial charge in [0.2, 0.25) is 0 Å². The first-order chi connectivity index (χ1) is 9.20. The standard InChI is InChI=1S/C15H22N2O2/c1-3-14(19-12-7-4-5-8-12)15(18)17-13-9-6-10-16-11(13)2/h6,9-10,12,14H,3-5,7-8H2,1-2H3,(H,17,18). The Bertz CT molecular complexity index is 428. The molecule has 1 N–H and O–H groups in total. The summed E-state index contributed by atoms with van der Waals surface area (Å²) in [6.07, 6.45) is 6.90. The molecule has 0 aliphatic heterocycles. The third kappa shape index (κ3) is 3.77. The SMILES string of the molecule is CCC(OC1CCCC1)C(=O)Nc1cccnc1C. The lowest BCUT2D eigenvalue weighted by atomic mass is 10.2. The first-order valence-electron chi connectivity index (χ1n) is 7.08. The predicted molar refractivity (Wildman–Crippen MR) is 75.0 cm³/mol. The molecule has 4 heteroatoms. The van der Waals surface area contributed by atoms with Crippen molar-refractivity contribution in [1.82, 2.24) is 4.98 Å². The quantitative estimate of drug-likeness (QED) is 0.887. The van der Waals surface area contributed by atoms with Gasteiger partial charge in [-0.3, -0.25) is 9.78 Å². The topological polar surface area (TPSA) is 51.2 Å². The van der Waals surface area contributed by atoms with Gasteiger partial charge in [-0.15, -0.1) is 0 Å². The van der Waals surface area contributed by atoms with Crippen molar-refractivity contribution in [3.8, 4) is 0 Å². The van der Waals surface area contributed by atoms with E-state index in [1.54, 1.807) is 6.20 Å². The van der Waals surface area contributed by atoms with Gasteiger partial charge >= 0.3 is 0 Å². The van der Waals surface area contributed by atoms with E-state index in [1.165, 1.54) is 12.8 Å². The number of carbonyl (C=O) groups is 1. The molecular formula is C15H22N2O2. The minimum atomic E-state index is -0.359. The van der Waals surface area contributed by atoms with Crippen LogP contribution in [0, 0.1) is 6.92 Å². The molecule has 1 saturated carbocycles. The van der Waals surface area contributed by atoms with Gasteiger partial charge in [0.15, 0.2) is 0 Å². The predicted octanol–water partition coefficient (Wildman–Crippen LogP) is 3.07. The molecule has 0 radical (unpaired) electrons. The van der Waals surface area contributed by atoms with Crippen LogP contribution in [0.15, 0.2) is 18.3 Å². The molecule has 1 heterocycles. The number of nitrogens with one attached hydrogen (secondary N) is 1. The van der Waals surface area contributed by atoms with E-state index >= 15 is 0 Å². The highest BCUT2D eigenvalue weighted by Crippen LogP contribution is 2.23. The molecule has 19 heavy (non-hydrogen) atoms. The average Bonchev–Trinajstić information content (AvgIpc) is 2.91. The minimum Gasteiger partial charge on any atom is -0.365 e. The van der Waals surface area contributed by atoms with Gasteiger partial charge in [-0.05, 0) is 38.3 Å². The summed E-state index contributed by atoms with van der Waals surface area (Å²) in [5.41, 5.74) is 1.59. The van der Waals surface area contributed by atoms with Crippen LogP contribution in [0.3, 0.4) is 0 Å². The molecule has 1 aliphatic carbocycles. The highest BCUT2D eigenvalue weighted by molar-refractivity contribution is 5.94. The van der Waals surface area contributed by atoms with Crippen molar-refractivity contribution in [3.05, 3.63) is 24.0 Å². The second-order valence-corrected chi connectivity index (χ2v) is 5.07. The second-order valence-electron chi connectivity index (χ2n) is 5.07. The van der Waals surface area contributed by atoms with Crippen molar-refractivity contribution in [2.75, 3.05) is 5.32 Å². The van der Waals surface area contributed by atoms with Gasteiger partial charge < -0.3 is 10.1 Å². The van der Waals surface area contributed by atoms with Crippen LogP contribution in [0.4, 0.5) is 5.69 Å². The fourth-order valence-corrected chi connectivity index (χ4v) is 2.43. The molecule has 1 fully saturated rings. The van der Waals surface area contributed by atoms with Gasteiger partial charge in [0, 0.05) is 6.20 Å². The van der Waals surface area contributed by atoms with E-state index in [2.05, 4.69) is 10.3 Å². The van der Waals surface area contributed by atoms with E-state index in [1.807, 2.05) is 26.0 Å². The molecule has 0 spiro atoms. The number of aromatic nitrogens is 1. The van der Waals surface area contributed by atoms with Crippen LogP contribution < -0.4 is 5.32 Å². The zero-order valence-corrected chi connectivity index (χ0v) is 11.7. The Hall–Kier alpha value is -1.42. The van der Waals surface area contributed by atoms with E-state index < -0.39 is 0 Å². The Morgan fingerprint density at radius 3 is 2.89 bits per heavy atom. The number of hydrogen-bond acceptors (Lipinski definition) is 3. The summed E-state index contributed by atoms with van der Waals surface area (Å²) >= 11 is 0. The molecule has 1 amide bonds. The van der Waals surface area contributed by atoms with Crippen molar-refractivity contribution >= 4 is 11.6 Å². The largest absolute Gasteiger partial charge is 0.365 e. The zero-order chi connectivity index (χ0) is 13.7. The molecule has 0 saturated heterocycles. The Morgan fingerprint density at radius 1 is 1.53 bits per heavy atom. The van der Waals surface area contributed by atoms with Crippen LogP contribution in [0.2, 0.25) is 0 Å². The van der Waals surface area contributed by atoms with Crippen molar-refractivity contribution in [2.24, 2.45) is 0 Å². The van der Waals surface area contributed by atoms with E-state index in [9.17, 15) is 4.79 Å². The van der Waals surface area contributed by atoms with E-state index in [4.69, 9.17) is 4.74 Å². The van der Waals surface area contributed by atoms with Crippen LogP contribution in [-0.4, -0.2) is 23.1 Å². The highest BCUT2D eigenvalue weighted by Gasteiger charge is 2.24. The summed E-state index contributed by atoms with van der Waals surface area (Å²) in [4.78, 5) is 16.4. The zero-order valence-electron chi connectivity index (χ0n) is 11.7. The first kappa shape index (κ1) is 14.0. The maximum Gasteiger partial charge on any atom is 0.253 e. The number of ether oxygens (including phenoxy) is 1. The van der Waals surface area contributed by atoms with Gasteiger partial charge in [0.25, 0.3) is 5.91 Å². The lowest BCUT2D eigenvalue weighted by Crippen LogP contribution is -2.33. The summed E-state index contributed by atoms with van der Waals surface area (Å²) in [6, 6.07) is 3.68. The fraction of sp³-hybridized carbons (Fsp3) is 0.600. The molecule has 1 atom stereocenters. The van der Waals surface area contributed by atoms with Crippen LogP contribution in [-0.2, 0) is 9.53 Å². The second kappa shape index (κ2) is 6.66. The van der Waals surface area contributed by atoms with Crippen molar-refractivity contribution < 1.29 is 9.53 Å². The minimum absolute atomic E-state index is 0.0644. The Labute approximate surface area is 114 Å². The maximum absolute atomic E-state index is 12.2. The first-order valence-corrected chi connectivity index (χ1v) is 7.08. The third-order valence-corrected chi connectivity index (χ3v) is 3.59. The summed E-state index contributed by atoms with van der Waals surface area (Å²) < 4.78 is 5.90. The number of amides is 1. The van der Waals surface area contributed by atoms with Crippen molar-refractivity contribution in [1.29, 1.82) is 0 Å². The summed E-state index contributed by atoms with van der Waals surface area (Å²) in [5.74, 6) is -0.0644. The van der Waals surface area contributed by atoms with Crippen LogP contribution in [0.25, 0.3) is 0 Å². The number of anilines is 1. The number of rotatable bonds is 5. The van der Waals surface area contributed by atoms with E-state index in [0.717, 1.165) is 24.2 Å². The number of nitrogens with zero attached hydrogens (tertiary/aromatic N) is 1. The molecule has 1 aromatic heterocycles. The summed E-state index contributed by atoms with van der Waals surface area (Å²) in [7, 11) is 0. The monoisotopic (exact) mass is 262 g/mol. The van der Waals surface area contributed by atoms with E-state index in [-0.39, 0.29) is 18.1 Å². The molecule has 2 rings (SSSR count). The van der Waals surface area contributed by atoms with Crippen molar-refractivity contribution in [3.63, 3.8) is 0 Å². The maximum atomic E-state index is 12.2. The van der Waals surface area contributed by atoms with Gasteiger partial charge in [0.1, 0.15) is 6.10 Å². The normalized spacial score (nSPS) is 17.4. The number of pyridine rings is 1. The van der Waals surface area contributed by atoms with Gasteiger partial charge in [0.05, 0.1) is 17.5 Å². The van der Waals surface area contributed by atoms with Gasteiger partial charge in [-0.1, -0.05) is 19.8 Å². The molecular weight excluding hydrogens is 240 g/mol. The number of carbonyl (C=O) groups excluding carboxylic acids is 1. The number of aryl methyl sites for hydroxylation is 1. The molecule has 0 aromatic carbocycles. The van der Waals surface area contributed by atoms with Crippen LogP contribution in [0.5, 0.6) is 0 Å². The molecule has 1 aromatic rings. The van der Waals surface area contributed by atoms with Gasteiger partial charge in [-0.25, -0.2) is 0 Å². The number of hydrogen-bond donors (Lipinski definition) is 1. The Morgan fingerprint density at radius 2 is 2.26 bits per heavy atom. The summed E-state index contributed by atoms with van der Waals surface area (Å²) in [6.45, 7) is 3.86. The van der Waals surface area contributed by atoms with Crippen molar-refractivity contribution in [2.45, 2.75) is 58.2 Å². The van der Waals surface area contributed by atoms with Crippen LogP contribution >= 0.6 is 0 Å². The molecule has 4 nitrogen and oxygen atoms in total.